The topological polar surface area (TPSA) is 126 Å². The van der Waals surface area contributed by atoms with Crippen molar-refractivity contribution in [3.63, 3.8) is 0 Å². The van der Waals surface area contributed by atoms with Gasteiger partial charge in [0.2, 0.25) is 5.88 Å². The van der Waals surface area contributed by atoms with Crippen LogP contribution in [0.1, 0.15) is 15.9 Å². The van der Waals surface area contributed by atoms with Crippen molar-refractivity contribution in [2.45, 2.75) is 0 Å². The lowest BCUT2D eigenvalue weighted by molar-refractivity contribution is -0.385. The summed E-state index contributed by atoms with van der Waals surface area (Å²) in [5, 5.41) is 28.6. The van der Waals surface area contributed by atoms with Crippen LogP contribution in [0.2, 0.25) is 0 Å². The first-order valence-electron chi connectivity index (χ1n) is 5.57. The fourth-order valence-corrected chi connectivity index (χ4v) is 1.56. The number of nitro groups is 1. The Bertz CT molecular complexity index is 767. The number of rotatable bonds is 4. The van der Waals surface area contributed by atoms with Gasteiger partial charge in [-0.15, -0.1) is 0 Å². The molecule has 0 spiro atoms. The van der Waals surface area contributed by atoms with E-state index in [0.29, 0.717) is 0 Å². The second kappa shape index (κ2) is 5.66. The van der Waals surface area contributed by atoms with Gasteiger partial charge in [0.15, 0.2) is 0 Å². The monoisotopic (exact) mass is 285 g/mol. The summed E-state index contributed by atoms with van der Waals surface area (Å²) in [7, 11) is 0. The molecule has 0 bridgehead atoms. The van der Waals surface area contributed by atoms with Crippen molar-refractivity contribution in [2.24, 2.45) is 0 Å². The van der Waals surface area contributed by atoms with Crippen molar-refractivity contribution in [3.05, 3.63) is 57.8 Å². The van der Waals surface area contributed by atoms with Crippen LogP contribution in [0.25, 0.3) is 0 Å². The molecule has 1 N–H and O–H groups in total. The zero-order valence-corrected chi connectivity index (χ0v) is 10.4. The van der Waals surface area contributed by atoms with Crippen molar-refractivity contribution >= 4 is 11.7 Å². The summed E-state index contributed by atoms with van der Waals surface area (Å²) >= 11 is 0. The highest BCUT2D eigenvalue weighted by Crippen LogP contribution is 2.27. The van der Waals surface area contributed by atoms with E-state index in [1.54, 1.807) is 12.1 Å². The molecule has 2 aromatic rings. The third kappa shape index (κ3) is 2.93. The lowest BCUT2D eigenvalue weighted by Crippen LogP contribution is -2.04. The molecular formula is C13H7N3O5. The number of hydrogen-bond donors (Lipinski definition) is 1. The Balaban J connectivity index is 2.42. The molecule has 0 fully saturated rings. The van der Waals surface area contributed by atoms with E-state index in [1.807, 2.05) is 6.07 Å². The van der Waals surface area contributed by atoms with E-state index in [0.717, 1.165) is 12.3 Å². The average molecular weight is 285 g/mol. The molecule has 2 rings (SSSR count). The molecule has 0 aliphatic carbocycles. The first-order chi connectivity index (χ1) is 10.0. The molecule has 0 aliphatic rings. The molecule has 0 unspecified atom stereocenters. The summed E-state index contributed by atoms with van der Waals surface area (Å²) in [6.45, 7) is 0. The molecule has 1 heterocycles. The highest BCUT2D eigenvalue weighted by molar-refractivity contribution is 5.92. The minimum absolute atomic E-state index is 0.152. The Kier molecular flexibility index (Phi) is 3.76. The van der Waals surface area contributed by atoms with Crippen molar-refractivity contribution in [1.29, 1.82) is 5.26 Å². The molecule has 0 radical (unpaired) electrons. The highest BCUT2D eigenvalue weighted by atomic mass is 16.6. The average Bonchev–Trinajstić information content (AvgIpc) is 2.47. The second-order valence-electron chi connectivity index (χ2n) is 3.81. The number of aromatic nitrogens is 1. The predicted octanol–water partition coefficient (Wildman–Crippen LogP) is 2.35. The van der Waals surface area contributed by atoms with Crippen LogP contribution >= 0.6 is 0 Å². The third-order valence-corrected chi connectivity index (χ3v) is 2.51. The number of carboxylic acid groups (broad SMARTS) is 1. The molecule has 0 aliphatic heterocycles. The van der Waals surface area contributed by atoms with Gasteiger partial charge >= 0.3 is 11.7 Å². The molecule has 0 saturated carbocycles. The number of ether oxygens (including phenoxy) is 1. The summed E-state index contributed by atoms with van der Waals surface area (Å²) in [5.74, 6) is -1.44. The van der Waals surface area contributed by atoms with Gasteiger partial charge in [0, 0.05) is 6.07 Å². The number of aromatic carboxylic acids is 1. The zero-order chi connectivity index (χ0) is 15.4. The quantitative estimate of drug-likeness (QED) is 0.674. The number of pyridine rings is 1. The number of para-hydroxylation sites is 1. The molecule has 0 amide bonds. The molecule has 8 nitrogen and oxygen atoms in total. The van der Waals surface area contributed by atoms with E-state index in [1.165, 1.54) is 12.1 Å². The van der Waals surface area contributed by atoms with Gasteiger partial charge in [-0.1, -0.05) is 12.1 Å². The van der Waals surface area contributed by atoms with Crippen LogP contribution in [0, 0.1) is 21.4 Å². The second-order valence-corrected chi connectivity index (χ2v) is 3.81. The van der Waals surface area contributed by atoms with Crippen LogP contribution in [0.15, 0.2) is 36.5 Å². The maximum Gasteiger partial charge on any atom is 0.342 e. The van der Waals surface area contributed by atoms with Crippen LogP contribution in [-0.4, -0.2) is 21.0 Å². The smallest absolute Gasteiger partial charge is 0.342 e. The summed E-state index contributed by atoms with van der Waals surface area (Å²) in [4.78, 5) is 24.6. The van der Waals surface area contributed by atoms with E-state index in [4.69, 9.17) is 15.1 Å². The van der Waals surface area contributed by atoms with Gasteiger partial charge in [-0.25, -0.2) is 9.78 Å². The van der Waals surface area contributed by atoms with Crippen molar-refractivity contribution in [1.82, 2.24) is 4.98 Å². The Morgan fingerprint density at radius 1 is 1.43 bits per heavy atom. The number of benzene rings is 1. The highest BCUT2D eigenvalue weighted by Gasteiger charge is 2.22. The molecular weight excluding hydrogens is 278 g/mol. The van der Waals surface area contributed by atoms with E-state index < -0.39 is 22.1 Å². The van der Waals surface area contributed by atoms with Crippen molar-refractivity contribution < 1.29 is 19.6 Å². The number of carbonyl (C=O) groups is 1. The predicted molar refractivity (Wildman–Crippen MR) is 69.1 cm³/mol. The van der Waals surface area contributed by atoms with Crippen LogP contribution < -0.4 is 4.74 Å². The van der Waals surface area contributed by atoms with Crippen LogP contribution in [-0.2, 0) is 0 Å². The normalized spacial score (nSPS) is 9.67. The first-order valence-corrected chi connectivity index (χ1v) is 5.57. The Morgan fingerprint density at radius 3 is 2.76 bits per heavy atom. The summed E-state index contributed by atoms with van der Waals surface area (Å²) in [5.41, 5.74) is -0.947. The van der Waals surface area contributed by atoms with Crippen molar-refractivity contribution in [2.75, 3.05) is 0 Å². The summed E-state index contributed by atoms with van der Waals surface area (Å²) in [6, 6.07) is 9.12. The van der Waals surface area contributed by atoms with E-state index in [2.05, 4.69) is 4.98 Å². The molecule has 1 aromatic carbocycles. The first kappa shape index (κ1) is 14.0. The van der Waals surface area contributed by atoms with Gasteiger partial charge in [-0.3, -0.25) is 10.1 Å². The summed E-state index contributed by atoms with van der Waals surface area (Å²) in [6.07, 6.45) is 0.799. The molecule has 8 heteroatoms. The van der Waals surface area contributed by atoms with Gasteiger partial charge < -0.3 is 9.84 Å². The van der Waals surface area contributed by atoms with Gasteiger partial charge in [0.05, 0.1) is 10.5 Å². The van der Waals surface area contributed by atoms with Crippen LogP contribution in [0.4, 0.5) is 5.69 Å². The van der Waals surface area contributed by atoms with Crippen LogP contribution in [0.3, 0.4) is 0 Å². The van der Waals surface area contributed by atoms with Gasteiger partial charge in [-0.2, -0.15) is 5.26 Å². The van der Waals surface area contributed by atoms with Gasteiger partial charge in [-0.05, 0) is 12.1 Å². The third-order valence-electron chi connectivity index (χ3n) is 2.51. The largest absolute Gasteiger partial charge is 0.477 e. The Hall–Kier alpha value is -3.47. The maximum atomic E-state index is 11.0. The SMILES string of the molecule is N#Cc1ccccc1Oc1cc(C(=O)O)c([N+](=O)[O-])cn1. The van der Waals surface area contributed by atoms with E-state index in [-0.39, 0.29) is 17.2 Å². The molecule has 104 valence electrons. The number of carboxylic acids is 1. The minimum Gasteiger partial charge on any atom is -0.477 e. The van der Waals surface area contributed by atoms with Crippen molar-refractivity contribution in [3.8, 4) is 17.7 Å². The maximum absolute atomic E-state index is 11.0. The Morgan fingerprint density at radius 2 is 2.14 bits per heavy atom. The minimum atomic E-state index is -1.47. The fourth-order valence-electron chi connectivity index (χ4n) is 1.56. The van der Waals surface area contributed by atoms with Gasteiger partial charge in [0.25, 0.3) is 0 Å². The lowest BCUT2D eigenvalue weighted by Gasteiger charge is -2.06. The number of hydrogen-bond acceptors (Lipinski definition) is 6. The molecule has 1 aromatic heterocycles. The molecule has 0 atom stereocenters. The van der Waals surface area contributed by atoms with Crippen LogP contribution in [0.5, 0.6) is 11.6 Å². The standard InChI is InChI=1S/C13H7N3O5/c14-6-8-3-1-2-4-11(8)21-12-5-9(13(17)18)10(7-15-12)16(19)20/h1-5,7H,(H,17,18). The number of nitriles is 1. The zero-order valence-electron chi connectivity index (χ0n) is 10.4. The summed E-state index contributed by atoms with van der Waals surface area (Å²) < 4.78 is 5.31. The molecule has 0 saturated heterocycles. The number of nitrogens with zero attached hydrogens (tertiary/aromatic N) is 3. The fraction of sp³-hybridized carbons (Fsp3) is 0. The lowest BCUT2D eigenvalue weighted by atomic mass is 10.2. The molecule has 21 heavy (non-hydrogen) atoms. The van der Waals surface area contributed by atoms with E-state index in [9.17, 15) is 14.9 Å². The van der Waals surface area contributed by atoms with E-state index >= 15 is 0 Å². The van der Waals surface area contributed by atoms with Gasteiger partial charge in [0.1, 0.15) is 23.6 Å². The Labute approximate surface area is 118 Å².